The molecule has 1 saturated heterocycles. The lowest BCUT2D eigenvalue weighted by molar-refractivity contribution is -0.136. The van der Waals surface area contributed by atoms with Crippen LogP contribution in [-0.4, -0.2) is 45.4 Å². The molecule has 0 aromatic heterocycles. The van der Waals surface area contributed by atoms with Gasteiger partial charge in [0.2, 0.25) is 5.91 Å². The second-order valence-electron chi connectivity index (χ2n) is 6.03. The summed E-state index contributed by atoms with van der Waals surface area (Å²) in [7, 11) is 1.64. The highest BCUT2D eigenvalue weighted by atomic mass is 35.5. The molecule has 1 unspecified atom stereocenters. The van der Waals surface area contributed by atoms with Crippen molar-refractivity contribution in [2.45, 2.75) is 25.9 Å². The van der Waals surface area contributed by atoms with Gasteiger partial charge in [-0.25, -0.2) is 0 Å². The number of rotatable bonds is 7. The molecule has 0 spiro atoms. The van der Waals surface area contributed by atoms with Gasteiger partial charge in [-0.1, -0.05) is 23.7 Å². The molecule has 5 nitrogen and oxygen atoms in total. The van der Waals surface area contributed by atoms with E-state index >= 15 is 0 Å². The fraction of sp³-hybridized carbons (Fsp3) is 0.588. The van der Waals surface area contributed by atoms with Crippen LogP contribution in [0.25, 0.3) is 0 Å². The van der Waals surface area contributed by atoms with Gasteiger partial charge in [0.05, 0.1) is 23.6 Å². The van der Waals surface area contributed by atoms with Gasteiger partial charge in [-0.3, -0.25) is 4.79 Å². The van der Waals surface area contributed by atoms with E-state index in [1.165, 1.54) is 0 Å². The Labute approximate surface area is 142 Å². The van der Waals surface area contributed by atoms with Crippen molar-refractivity contribution >= 4 is 17.5 Å². The summed E-state index contributed by atoms with van der Waals surface area (Å²) in [5, 5.41) is 6.85. The van der Waals surface area contributed by atoms with Crippen LogP contribution < -0.4 is 15.4 Å². The average molecular weight is 341 g/mol. The third kappa shape index (κ3) is 4.83. The summed E-state index contributed by atoms with van der Waals surface area (Å²) in [4.78, 5) is 12.6. The molecular weight excluding hydrogens is 316 g/mol. The normalized spacial score (nSPS) is 18.2. The molecule has 128 valence electrons. The molecule has 2 N–H and O–H groups in total. The van der Waals surface area contributed by atoms with Crippen molar-refractivity contribution in [2.24, 2.45) is 5.41 Å². The summed E-state index contributed by atoms with van der Waals surface area (Å²) in [6.45, 7) is 4.46. The van der Waals surface area contributed by atoms with E-state index in [9.17, 15) is 4.79 Å². The van der Waals surface area contributed by atoms with E-state index in [1.807, 2.05) is 25.1 Å². The van der Waals surface area contributed by atoms with Crippen LogP contribution in [0.4, 0.5) is 0 Å². The van der Waals surface area contributed by atoms with E-state index in [-0.39, 0.29) is 12.0 Å². The number of benzene rings is 1. The van der Waals surface area contributed by atoms with Crippen molar-refractivity contribution < 1.29 is 14.3 Å². The third-order valence-corrected chi connectivity index (χ3v) is 4.49. The summed E-state index contributed by atoms with van der Waals surface area (Å²) >= 11 is 6.08. The minimum Gasteiger partial charge on any atom is -0.487 e. The molecule has 0 saturated carbocycles. The molecule has 1 atom stereocenters. The Bertz CT molecular complexity index is 513. The number of nitrogens with one attached hydrogen (secondary N) is 2. The van der Waals surface area contributed by atoms with E-state index in [0.29, 0.717) is 23.9 Å². The van der Waals surface area contributed by atoms with E-state index < -0.39 is 5.41 Å². The van der Waals surface area contributed by atoms with Crippen LogP contribution in [-0.2, 0) is 9.53 Å². The van der Waals surface area contributed by atoms with Gasteiger partial charge < -0.3 is 20.1 Å². The first-order chi connectivity index (χ1) is 11.1. The van der Waals surface area contributed by atoms with E-state index in [2.05, 4.69) is 10.6 Å². The first kappa shape index (κ1) is 18.0. The molecule has 1 aromatic rings. The number of methoxy groups -OCH3 is 1. The van der Waals surface area contributed by atoms with Crippen LogP contribution in [0.1, 0.15) is 19.8 Å². The number of hydrogen-bond donors (Lipinski definition) is 2. The summed E-state index contributed by atoms with van der Waals surface area (Å²) in [6, 6.07) is 7.33. The molecule has 1 fully saturated rings. The minimum atomic E-state index is -0.440. The lowest BCUT2D eigenvalue weighted by Crippen LogP contribution is -2.51. The van der Waals surface area contributed by atoms with Gasteiger partial charge in [0.15, 0.2) is 0 Å². The monoisotopic (exact) mass is 340 g/mol. The van der Waals surface area contributed by atoms with Gasteiger partial charge in [0, 0.05) is 7.11 Å². The van der Waals surface area contributed by atoms with Crippen molar-refractivity contribution in [1.82, 2.24) is 10.6 Å². The minimum absolute atomic E-state index is 0.0375. The highest BCUT2D eigenvalue weighted by Crippen LogP contribution is 2.29. The SMILES string of the molecule is COCC1(C(=O)NCC(C)Oc2ccccc2Cl)CCNCC1. The maximum atomic E-state index is 12.6. The molecule has 1 aromatic carbocycles. The molecule has 2 rings (SSSR count). The second kappa shape index (κ2) is 8.52. The number of hydrogen-bond acceptors (Lipinski definition) is 4. The summed E-state index contributed by atoms with van der Waals surface area (Å²) < 4.78 is 11.1. The first-order valence-corrected chi connectivity index (χ1v) is 8.34. The highest BCUT2D eigenvalue weighted by molar-refractivity contribution is 6.32. The van der Waals surface area contributed by atoms with E-state index in [1.54, 1.807) is 13.2 Å². The number of carbonyl (C=O) groups is 1. The van der Waals surface area contributed by atoms with Gasteiger partial charge in [-0.15, -0.1) is 0 Å². The zero-order chi connectivity index (χ0) is 16.7. The van der Waals surface area contributed by atoms with Crippen LogP contribution in [0.15, 0.2) is 24.3 Å². The molecule has 23 heavy (non-hydrogen) atoms. The first-order valence-electron chi connectivity index (χ1n) is 7.96. The average Bonchev–Trinajstić information content (AvgIpc) is 2.56. The Morgan fingerprint density at radius 3 is 2.74 bits per heavy atom. The molecule has 6 heteroatoms. The largest absolute Gasteiger partial charge is 0.487 e. The van der Waals surface area contributed by atoms with Crippen LogP contribution in [0.5, 0.6) is 5.75 Å². The van der Waals surface area contributed by atoms with Crippen LogP contribution >= 0.6 is 11.6 Å². The van der Waals surface area contributed by atoms with Gasteiger partial charge in [-0.2, -0.15) is 0 Å². The van der Waals surface area contributed by atoms with E-state index in [0.717, 1.165) is 25.9 Å². The molecule has 0 bridgehead atoms. The molecule has 1 aliphatic heterocycles. The van der Waals surface area contributed by atoms with Gasteiger partial charge in [-0.05, 0) is 45.0 Å². The smallest absolute Gasteiger partial charge is 0.228 e. The Morgan fingerprint density at radius 1 is 1.39 bits per heavy atom. The fourth-order valence-electron chi connectivity index (χ4n) is 2.84. The maximum Gasteiger partial charge on any atom is 0.228 e. The van der Waals surface area contributed by atoms with Gasteiger partial charge >= 0.3 is 0 Å². The van der Waals surface area contributed by atoms with Gasteiger partial charge in [0.25, 0.3) is 0 Å². The predicted molar refractivity (Wildman–Crippen MR) is 91.0 cm³/mol. The molecule has 1 heterocycles. The molecule has 0 radical (unpaired) electrons. The van der Waals surface area contributed by atoms with Crippen molar-refractivity contribution in [3.63, 3.8) is 0 Å². The second-order valence-corrected chi connectivity index (χ2v) is 6.44. The van der Waals surface area contributed by atoms with Crippen LogP contribution in [0.2, 0.25) is 5.02 Å². The van der Waals surface area contributed by atoms with Crippen LogP contribution in [0.3, 0.4) is 0 Å². The van der Waals surface area contributed by atoms with Crippen molar-refractivity contribution in [3.05, 3.63) is 29.3 Å². The highest BCUT2D eigenvalue weighted by Gasteiger charge is 2.39. The van der Waals surface area contributed by atoms with E-state index in [4.69, 9.17) is 21.1 Å². The summed E-state index contributed by atoms with van der Waals surface area (Å²) in [5.41, 5.74) is -0.440. The van der Waals surface area contributed by atoms with Crippen LogP contribution in [0, 0.1) is 5.41 Å². The topological polar surface area (TPSA) is 59.6 Å². The zero-order valence-corrected chi connectivity index (χ0v) is 14.5. The Kier molecular flexibility index (Phi) is 6.69. The third-order valence-electron chi connectivity index (χ3n) is 4.18. The number of carbonyl (C=O) groups excluding carboxylic acids is 1. The maximum absolute atomic E-state index is 12.6. The Morgan fingerprint density at radius 2 is 2.09 bits per heavy atom. The molecular formula is C17H25ClN2O3. The number of amides is 1. The van der Waals surface area contributed by atoms with Crippen molar-refractivity contribution in [3.8, 4) is 5.75 Å². The van der Waals surface area contributed by atoms with Crippen molar-refractivity contribution in [1.29, 1.82) is 0 Å². The lowest BCUT2D eigenvalue weighted by atomic mass is 9.78. The zero-order valence-electron chi connectivity index (χ0n) is 13.7. The Hall–Kier alpha value is -1.30. The summed E-state index contributed by atoms with van der Waals surface area (Å²) in [6.07, 6.45) is 1.40. The standard InChI is InChI=1S/C17H25ClN2O3/c1-13(23-15-6-4-3-5-14(15)18)11-20-16(21)17(12-22-2)7-9-19-10-8-17/h3-6,13,19H,7-12H2,1-2H3,(H,20,21). The number of para-hydroxylation sites is 1. The van der Waals surface area contributed by atoms with Crippen molar-refractivity contribution in [2.75, 3.05) is 33.4 Å². The number of piperidine rings is 1. The predicted octanol–water partition coefficient (Wildman–Crippen LogP) is 2.24. The quantitative estimate of drug-likeness (QED) is 0.799. The Balaban J connectivity index is 1.88. The molecule has 0 aliphatic carbocycles. The molecule has 1 amide bonds. The number of ether oxygens (including phenoxy) is 2. The fourth-order valence-corrected chi connectivity index (χ4v) is 3.02. The number of halogens is 1. The summed E-state index contributed by atoms with van der Waals surface area (Å²) in [5.74, 6) is 0.667. The van der Waals surface area contributed by atoms with Gasteiger partial charge in [0.1, 0.15) is 11.9 Å². The molecule has 1 aliphatic rings. The lowest BCUT2D eigenvalue weighted by Gasteiger charge is -2.35.